The average molecular weight is 426 g/mol. The molecular weight excluding hydrogens is 398 g/mol. The summed E-state index contributed by atoms with van der Waals surface area (Å²) in [7, 11) is 0. The van der Waals surface area contributed by atoms with Crippen LogP contribution in [0.4, 0.5) is 0 Å². The maximum absolute atomic E-state index is 12.3. The van der Waals surface area contributed by atoms with E-state index < -0.39 is 0 Å². The zero-order valence-corrected chi connectivity index (χ0v) is 18.2. The van der Waals surface area contributed by atoms with Crippen LogP contribution >= 0.6 is 11.3 Å². The van der Waals surface area contributed by atoms with E-state index in [0.717, 1.165) is 44.2 Å². The second-order valence-corrected chi connectivity index (χ2v) is 8.93. The quantitative estimate of drug-likeness (QED) is 0.630. The first-order chi connectivity index (χ1) is 14.6. The number of nitrogens with zero attached hydrogens (tertiary/aromatic N) is 4. The molecule has 30 heavy (non-hydrogen) atoms. The van der Waals surface area contributed by atoms with Crippen molar-refractivity contribution in [2.24, 2.45) is 0 Å². The van der Waals surface area contributed by atoms with Gasteiger partial charge in [-0.25, -0.2) is 0 Å². The minimum absolute atomic E-state index is 0.0244. The molecule has 0 saturated heterocycles. The molecule has 1 aliphatic rings. The van der Waals surface area contributed by atoms with E-state index in [4.69, 9.17) is 4.74 Å². The summed E-state index contributed by atoms with van der Waals surface area (Å²) in [4.78, 5) is 17.5. The van der Waals surface area contributed by atoms with Crippen molar-refractivity contribution < 1.29 is 9.53 Å². The van der Waals surface area contributed by atoms with Gasteiger partial charge in [0.05, 0.1) is 6.04 Å². The number of fused-ring (bicyclic) bond motifs is 1. The fourth-order valence-corrected chi connectivity index (χ4v) is 4.60. The van der Waals surface area contributed by atoms with Gasteiger partial charge in [0.15, 0.2) is 12.4 Å². The summed E-state index contributed by atoms with van der Waals surface area (Å²) in [5.74, 6) is 2.29. The molecule has 1 aromatic carbocycles. The lowest BCUT2D eigenvalue weighted by molar-refractivity contribution is -0.123. The Morgan fingerprint density at radius 2 is 2.00 bits per heavy atom. The number of hydrogen-bond donors (Lipinski definition) is 1. The molecule has 3 heterocycles. The Balaban J connectivity index is 1.33. The van der Waals surface area contributed by atoms with E-state index in [-0.39, 0.29) is 18.6 Å². The van der Waals surface area contributed by atoms with Crippen molar-refractivity contribution in [3.8, 4) is 5.75 Å². The number of ether oxygens (including phenoxy) is 1. The number of aromatic nitrogens is 3. The van der Waals surface area contributed by atoms with Crippen LogP contribution in [0.3, 0.4) is 0 Å². The summed E-state index contributed by atoms with van der Waals surface area (Å²) in [5, 5.41) is 11.7. The number of rotatable bonds is 7. The van der Waals surface area contributed by atoms with Crippen LogP contribution < -0.4 is 10.1 Å². The second kappa shape index (κ2) is 9.40. The SMILES string of the molecule is Cc1ccc(CN2CCc3nnc([C@H](C)NC(=O)COc4ccccc4)n3CC2)s1. The van der Waals surface area contributed by atoms with E-state index in [1.54, 1.807) is 0 Å². The van der Waals surface area contributed by atoms with Gasteiger partial charge in [0.25, 0.3) is 5.91 Å². The topological polar surface area (TPSA) is 72.3 Å². The molecule has 1 aliphatic heterocycles. The largest absolute Gasteiger partial charge is 0.484 e. The Kier molecular flexibility index (Phi) is 6.44. The summed E-state index contributed by atoms with van der Waals surface area (Å²) in [6.07, 6.45) is 0.856. The summed E-state index contributed by atoms with van der Waals surface area (Å²) in [6.45, 7) is 7.74. The molecule has 0 aliphatic carbocycles. The van der Waals surface area contributed by atoms with E-state index in [1.807, 2.05) is 48.6 Å². The lowest BCUT2D eigenvalue weighted by Gasteiger charge is -2.19. The molecule has 0 fully saturated rings. The van der Waals surface area contributed by atoms with Gasteiger partial charge in [-0.05, 0) is 38.1 Å². The maximum Gasteiger partial charge on any atom is 0.258 e. The monoisotopic (exact) mass is 425 g/mol. The van der Waals surface area contributed by atoms with Crippen LogP contribution in [0, 0.1) is 6.92 Å². The lowest BCUT2D eigenvalue weighted by atomic mass is 10.3. The third-order valence-electron chi connectivity index (χ3n) is 5.20. The highest BCUT2D eigenvalue weighted by Gasteiger charge is 2.23. The first kappa shape index (κ1) is 20.6. The molecule has 1 N–H and O–H groups in total. The van der Waals surface area contributed by atoms with E-state index >= 15 is 0 Å². The van der Waals surface area contributed by atoms with Crippen LogP contribution in [0.15, 0.2) is 42.5 Å². The number of carbonyl (C=O) groups is 1. The number of aryl methyl sites for hydroxylation is 1. The third-order valence-corrected chi connectivity index (χ3v) is 6.19. The normalized spacial score (nSPS) is 15.3. The molecule has 0 radical (unpaired) electrons. The highest BCUT2D eigenvalue weighted by Crippen LogP contribution is 2.20. The Labute approximate surface area is 180 Å². The number of hydrogen-bond acceptors (Lipinski definition) is 6. The highest BCUT2D eigenvalue weighted by atomic mass is 32.1. The van der Waals surface area contributed by atoms with E-state index in [9.17, 15) is 4.79 Å². The van der Waals surface area contributed by atoms with Gasteiger partial charge in [-0.1, -0.05) is 18.2 Å². The zero-order valence-electron chi connectivity index (χ0n) is 17.4. The van der Waals surface area contributed by atoms with Crippen LogP contribution in [0.2, 0.25) is 0 Å². The van der Waals surface area contributed by atoms with Gasteiger partial charge in [-0.3, -0.25) is 9.69 Å². The third kappa shape index (κ3) is 5.06. The van der Waals surface area contributed by atoms with Gasteiger partial charge in [0.2, 0.25) is 0 Å². The predicted molar refractivity (Wildman–Crippen MR) is 117 cm³/mol. The number of thiophene rings is 1. The molecule has 0 saturated carbocycles. The van der Waals surface area contributed by atoms with E-state index in [1.165, 1.54) is 9.75 Å². The Hall–Kier alpha value is -2.71. The van der Waals surface area contributed by atoms with Gasteiger partial charge in [-0.15, -0.1) is 21.5 Å². The first-order valence-electron chi connectivity index (χ1n) is 10.3. The second-order valence-electron chi connectivity index (χ2n) is 7.56. The fourth-order valence-electron chi connectivity index (χ4n) is 3.67. The number of amides is 1. The molecule has 0 unspecified atom stereocenters. The fraction of sp³-hybridized carbons (Fsp3) is 0.409. The Morgan fingerprint density at radius 3 is 2.77 bits per heavy atom. The molecule has 1 amide bonds. The van der Waals surface area contributed by atoms with Crippen LogP contribution in [0.25, 0.3) is 0 Å². The molecule has 7 nitrogen and oxygen atoms in total. The van der Waals surface area contributed by atoms with Crippen molar-refractivity contribution in [2.75, 3.05) is 19.7 Å². The molecule has 1 atom stereocenters. The van der Waals surface area contributed by atoms with Crippen molar-refractivity contribution in [2.45, 2.75) is 39.4 Å². The lowest BCUT2D eigenvalue weighted by Crippen LogP contribution is -2.33. The van der Waals surface area contributed by atoms with Gasteiger partial charge in [0, 0.05) is 42.4 Å². The number of carbonyl (C=O) groups excluding carboxylic acids is 1. The van der Waals surface area contributed by atoms with Gasteiger partial charge >= 0.3 is 0 Å². The summed E-state index contributed by atoms with van der Waals surface area (Å²) < 4.78 is 7.69. The molecule has 2 aromatic heterocycles. The van der Waals surface area contributed by atoms with Crippen LogP contribution in [-0.2, 0) is 24.3 Å². The minimum atomic E-state index is -0.232. The smallest absolute Gasteiger partial charge is 0.258 e. The molecule has 0 bridgehead atoms. The van der Waals surface area contributed by atoms with Gasteiger partial charge < -0.3 is 14.6 Å². The van der Waals surface area contributed by atoms with Crippen molar-refractivity contribution in [1.82, 2.24) is 25.0 Å². The summed E-state index contributed by atoms with van der Waals surface area (Å²) in [5.41, 5.74) is 0. The van der Waals surface area contributed by atoms with E-state index in [0.29, 0.717) is 5.75 Å². The molecule has 3 aromatic rings. The van der Waals surface area contributed by atoms with Crippen molar-refractivity contribution in [3.05, 3.63) is 63.9 Å². The van der Waals surface area contributed by atoms with Crippen molar-refractivity contribution >= 4 is 17.2 Å². The summed E-state index contributed by atoms with van der Waals surface area (Å²) in [6, 6.07) is 13.5. The number of nitrogens with one attached hydrogen (secondary N) is 1. The van der Waals surface area contributed by atoms with Crippen molar-refractivity contribution in [1.29, 1.82) is 0 Å². The van der Waals surface area contributed by atoms with Crippen molar-refractivity contribution in [3.63, 3.8) is 0 Å². The number of para-hydroxylation sites is 1. The average Bonchev–Trinajstić information content (AvgIpc) is 3.29. The van der Waals surface area contributed by atoms with Crippen LogP contribution in [-0.4, -0.2) is 45.3 Å². The zero-order chi connectivity index (χ0) is 20.9. The van der Waals surface area contributed by atoms with Crippen LogP contribution in [0.1, 0.15) is 34.4 Å². The maximum atomic E-state index is 12.3. The Bertz CT molecular complexity index is 985. The van der Waals surface area contributed by atoms with Crippen LogP contribution in [0.5, 0.6) is 5.75 Å². The number of benzene rings is 1. The first-order valence-corrected chi connectivity index (χ1v) is 11.1. The summed E-state index contributed by atoms with van der Waals surface area (Å²) >= 11 is 1.86. The van der Waals surface area contributed by atoms with E-state index in [2.05, 4.69) is 44.0 Å². The predicted octanol–water partition coefficient (Wildman–Crippen LogP) is 2.96. The highest BCUT2D eigenvalue weighted by molar-refractivity contribution is 7.11. The molecular formula is C22H27N5O2S. The van der Waals surface area contributed by atoms with Gasteiger partial charge in [0.1, 0.15) is 11.6 Å². The molecule has 4 rings (SSSR count). The van der Waals surface area contributed by atoms with Gasteiger partial charge in [-0.2, -0.15) is 0 Å². The minimum Gasteiger partial charge on any atom is -0.484 e. The Morgan fingerprint density at radius 1 is 1.17 bits per heavy atom. The molecule has 0 spiro atoms. The molecule has 8 heteroatoms. The standard InChI is InChI=1S/C22H27N5O2S/c1-16-8-9-19(30-16)14-26-11-10-20-24-25-22(27(20)13-12-26)17(2)23-21(28)15-29-18-6-4-3-5-7-18/h3-9,17H,10-15H2,1-2H3,(H,23,28)/t17-/m0/s1. The molecule has 158 valence electrons.